The van der Waals surface area contributed by atoms with E-state index >= 15 is 0 Å². The number of anilines is 1. The lowest BCUT2D eigenvalue weighted by molar-refractivity contribution is -0.120. The lowest BCUT2D eigenvalue weighted by atomic mass is 9.95. The van der Waals surface area contributed by atoms with Gasteiger partial charge in [-0.2, -0.15) is 5.26 Å². The highest BCUT2D eigenvalue weighted by Crippen LogP contribution is 2.22. The third-order valence-electron chi connectivity index (χ3n) is 3.13. The van der Waals surface area contributed by atoms with Crippen molar-refractivity contribution in [2.24, 2.45) is 17.6 Å². The number of nitrogens with one attached hydrogen (secondary N) is 1. The summed E-state index contributed by atoms with van der Waals surface area (Å²) < 4.78 is 13.6. The number of nitrogens with zero attached hydrogens (tertiary/aromatic N) is 1. The summed E-state index contributed by atoms with van der Waals surface area (Å²) in [5.74, 6) is -1.01. The number of benzene rings is 1. The minimum Gasteiger partial charge on any atom is -0.330 e. The molecule has 1 aromatic rings. The van der Waals surface area contributed by atoms with Crippen LogP contribution in [0.25, 0.3) is 0 Å². The lowest BCUT2D eigenvalue weighted by Gasteiger charge is -2.19. The first kappa shape index (κ1) is 15.1. The number of rotatable bonds is 4. The molecule has 0 aromatic heterocycles. The van der Waals surface area contributed by atoms with Crippen molar-refractivity contribution in [1.29, 1.82) is 5.26 Å². The van der Waals surface area contributed by atoms with Crippen LogP contribution in [-0.2, 0) is 4.79 Å². The van der Waals surface area contributed by atoms with E-state index in [1.165, 1.54) is 6.07 Å². The van der Waals surface area contributed by atoms with Crippen LogP contribution >= 0.6 is 0 Å². The van der Waals surface area contributed by atoms with Gasteiger partial charge in [0.25, 0.3) is 0 Å². The van der Waals surface area contributed by atoms with Gasteiger partial charge >= 0.3 is 0 Å². The quantitative estimate of drug-likeness (QED) is 0.873. The van der Waals surface area contributed by atoms with E-state index < -0.39 is 5.82 Å². The maximum Gasteiger partial charge on any atom is 0.229 e. The van der Waals surface area contributed by atoms with Crippen LogP contribution in [0, 0.1) is 35.9 Å². The molecule has 19 heavy (non-hydrogen) atoms. The predicted octanol–water partition coefficient (Wildman–Crippen LogP) is 2.18. The Labute approximate surface area is 112 Å². The molecule has 4 nitrogen and oxygen atoms in total. The van der Waals surface area contributed by atoms with Crippen molar-refractivity contribution in [2.45, 2.75) is 20.8 Å². The summed E-state index contributed by atoms with van der Waals surface area (Å²) in [4.78, 5) is 12.1. The van der Waals surface area contributed by atoms with Crippen molar-refractivity contribution in [2.75, 3.05) is 11.9 Å². The maximum atomic E-state index is 13.6. The molecule has 0 bridgehead atoms. The number of carbonyl (C=O) groups is 1. The van der Waals surface area contributed by atoms with Crippen LogP contribution in [0.2, 0.25) is 0 Å². The summed E-state index contributed by atoms with van der Waals surface area (Å²) in [5.41, 5.74) is 6.37. The summed E-state index contributed by atoms with van der Waals surface area (Å²) in [6.45, 7) is 5.58. The monoisotopic (exact) mass is 263 g/mol. The van der Waals surface area contributed by atoms with Crippen LogP contribution in [0.5, 0.6) is 0 Å². The molecule has 1 aromatic carbocycles. The fraction of sp³-hybridized carbons (Fsp3) is 0.429. The third kappa shape index (κ3) is 3.52. The number of nitrogens with two attached hydrogens (primary N) is 1. The standard InChI is InChI=1S/C14H18FN3O/c1-8(2)11(7-17)14(19)18-13-5-10(6-16)4-12(15)9(13)3/h4-5,8,11H,7,17H2,1-3H3,(H,18,19). The van der Waals surface area contributed by atoms with Gasteiger partial charge in [0.05, 0.1) is 17.6 Å². The second kappa shape index (κ2) is 6.30. The van der Waals surface area contributed by atoms with Crippen molar-refractivity contribution < 1.29 is 9.18 Å². The van der Waals surface area contributed by atoms with Crippen molar-refractivity contribution in [3.05, 3.63) is 29.1 Å². The summed E-state index contributed by atoms with van der Waals surface area (Å²) in [7, 11) is 0. The molecule has 0 aliphatic carbocycles. The first-order chi connectivity index (χ1) is 8.90. The number of hydrogen-bond acceptors (Lipinski definition) is 3. The van der Waals surface area contributed by atoms with Gasteiger partial charge in [0.15, 0.2) is 0 Å². The molecule has 0 aliphatic heterocycles. The lowest BCUT2D eigenvalue weighted by Crippen LogP contribution is -2.33. The molecule has 0 fully saturated rings. The molecule has 0 spiro atoms. The molecule has 1 atom stereocenters. The van der Waals surface area contributed by atoms with Gasteiger partial charge in [0.2, 0.25) is 5.91 Å². The van der Waals surface area contributed by atoms with Crippen LogP contribution in [0.4, 0.5) is 10.1 Å². The van der Waals surface area contributed by atoms with Gasteiger partial charge in [-0.05, 0) is 25.0 Å². The van der Waals surface area contributed by atoms with Gasteiger partial charge in [0, 0.05) is 17.8 Å². The van der Waals surface area contributed by atoms with Crippen LogP contribution < -0.4 is 11.1 Å². The number of nitriles is 1. The van der Waals surface area contributed by atoms with Gasteiger partial charge in [-0.25, -0.2) is 4.39 Å². The third-order valence-corrected chi connectivity index (χ3v) is 3.13. The predicted molar refractivity (Wildman–Crippen MR) is 71.9 cm³/mol. The number of amides is 1. The van der Waals surface area contributed by atoms with Gasteiger partial charge in [-0.3, -0.25) is 4.79 Å². The molecular weight excluding hydrogens is 245 g/mol. The van der Waals surface area contributed by atoms with E-state index in [0.29, 0.717) is 11.3 Å². The normalized spacial score (nSPS) is 12.1. The molecule has 1 unspecified atom stereocenters. The summed E-state index contributed by atoms with van der Waals surface area (Å²) in [6, 6.07) is 4.47. The molecule has 0 saturated carbocycles. The SMILES string of the molecule is Cc1c(F)cc(C#N)cc1NC(=O)C(CN)C(C)C. The Kier molecular flexibility index (Phi) is 5.02. The van der Waals surface area contributed by atoms with E-state index in [4.69, 9.17) is 11.0 Å². The van der Waals surface area contributed by atoms with E-state index in [1.54, 1.807) is 6.92 Å². The van der Waals surface area contributed by atoms with E-state index in [0.717, 1.165) is 6.07 Å². The van der Waals surface area contributed by atoms with Crippen molar-refractivity contribution in [3.63, 3.8) is 0 Å². The van der Waals surface area contributed by atoms with E-state index in [9.17, 15) is 9.18 Å². The fourth-order valence-corrected chi connectivity index (χ4v) is 1.78. The fourth-order valence-electron chi connectivity index (χ4n) is 1.78. The van der Waals surface area contributed by atoms with E-state index in [1.807, 2.05) is 19.9 Å². The molecular formula is C14H18FN3O. The van der Waals surface area contributed by atoms with Crippen LogP contribution in [0.1, 0.15) is 25.0 Å². The smallest absolute Gasteiger partial charge is 0.229 e. The largest absolute Gasteiger partial charge is 0.330 e. The second-order valence-corrected chi connectivity index (χ2v) is 4.82. The Morgan fingerprint density at radius 2 is 2.16 bits per heavy atom. The zero-order chi connectivity index (χ0) is 14.6. The highest BCUT2D eigenvalue weighted by atomic mass is 19.1. The first-order valence-electron chi connectivity index (χ1n) is 6.11. The highest BCUT2D eigenvalue weighted by Gasteiger charge is 2.21. The van der Waals surface area contributed by atoms with Crippen molar-refractivity contribution >= 4 is 11.6 Å². The van der Waals surface area contributed by atoms with Gasteiger partial charge in [-0.15, -0.1) is 0 Å². The van der Waals surface area contributed by atoms with Crippen molar-refractivity contribution in [1.82, 2.24) is 0 Å². The minimum atomic E-state index is -0.511. The van der Waals surface area contributed by atoms with Gasteiger partial charge in [-0.1, -0.05) is 13.8 Å². The van der Waals surface area contributed by atoms with E-state index in [2.05, 4.69) is 5.32 Å². The van der Waals surface area contributed by atoms with Crippen molar-refractivity contribution in [3.8, 4) is 6.07 Å². The highest BCUT2D eigenvalue weighted by molar-refractivity contribution is 5.93. The van der Waals surface area contributed by atoms with Crippen LogP contribution in [0.15, 0.2) is 12.1 Å². The average molecular weight is 263 g/mol. The number of carbonyl (C=O) groups excluding carboxylic acids is 1. The van der Waals surface area contributed by atoms with Crippen LogP contribution in [-0.4, -0.2) is 12.5 Å². The minimum absolute atomic E-state index is 0.0919. The molecule has 0 aliphatic rings. The van der Waals surface area contributed by atoms with Crippen LogP contribution in [0.3, 0.4) is 0 Å². The van der Waals surface area contributed by atoms with Gasteiger partial charge < -0.3 is 11.1 Å². The molecule has 0 radical (unpaired) electrons. The molecule has 5 heteroatoms. The molecule has 1 rings (SSSR count). The Morgan fingerprint density at radius 1 is 1.53 bits per heavy atom. The Hall–Kier alpha value is -1.93. The Bertz CT molecular complexity index is 520. The number of halogens is 1. The van der Waals surface area contributed by atoms with Gasteiger partial charge in [0.1, 0.15) is 5.82 Å². The Balaban J connectivity index is 3.03. The zero-order valence-corrected chi connectivity index (χ0v) is 11.3. The van der Waals surface area contributed by atoms with E-state index in [-0.39, 0.29) is 29.9 Å². The molecule has 0 saturated heterocycles. The molecule has 3 N–H and O–H groups in total. The molecule has 102 valence electrons. The summed E-state index contributed by atoms with van der Waals surface area (Å²) >= 11 is 0. The molecule has 0 heterocycles. The zero-order valence-electron chi connectivity index (χ0n) is 11.3. The number of hydrogen-bond donors (Lipinski definition) is 2. The maximum absolute atomic E-state index is 13.6. The summed E-state index contributed by atoms with van der Waals surface area (Å²) in [6.07, 6.45) is 0. The Morgan fingerprint density at radius 3 is 2.63 bits per heavy atom. The molecule has 1 amide bonds. The second-order valence-electron chi connectivity index (χ2n) is 4.82. The first-order valence-corrected chi connectivity index (χ1v) is 6.11. The topological polar surface area (TPSA) is 78.9 Å². The summed E-state index contributed by atoms with van der Waals surface area (Å²) in [5, 5.41) is 11.5. The average Bonchev–Trinajstić information content (AvgIpc) is 2.34.